The van der Waals surface area contributed by atoms with Gasteiger partial charge in [0.1, 0.15) is 5.50 Å². The van der Waals surface area contributed by atoms with E-state index in [0.717, 1.165) is 31.8 Å². The summed E-state index contributed by atoms with van der Waals surface area (Å²) in [5, 5.41) is 7.66. The fourth-order valence-corrected chi connectivity index (χ4v) is 6.34. The maximum absolute atomic E-state index is 12.8. The first-order valence-electron chi connectivity index (χ1n) is 11.0. The van der Waals surface area contributed by atoms with E-state index in [1.54, 1.807) is 0 Å². The van der Waals surface area contributed by atoms with Crippen LogP contribution in [0.25, 0.3) is 0 Å². The Morgan fingerprint density at radius 1 is 1.15 bits per heavy atom. The van der Waals surface area contributed by atoms with E-state index in [2.05, 4.69) is 40.4 Å². The van der Waals surface area contributed by atoms with E-state index in [9.17, 15) is 4.79 Å². The molecule has 4 N–H and O–H groups in total. The topological polar surface area (TPSA) is 68.4 Å². The zero-order valence-corrected chi connectivity index (χ0v) is 17.7. The van der Waals surface area contributed by atoms with Gasteiger partial charge in [0, 0.05) is 17.3 Å². The standard InChI is InChI=1S/C20H37N5OS/c1-13(27-20-24-21-12-25(20)2)15-5-3-6-16(11-15)22-19(26)18-8-4-7-17(23-18)14-9-10-14/h13-18,20-21,23-24H,3-12H2,1-2H3,(H,22,26)/t13-,15?,16?,17?,18?,20?/m0/s1. The highest BCUT2D eigenvalue weighted by atomic mass is 32.2. The lowest BCUT2D eigenvalue weighted by atomic mass is 9.83. The van der Waals surface area contributed by atoms with Crippen LogP contribution in [0.3, 0.4) is 0 Å². The highest BCUT2D eigenvalue weighted by Crippen LogP contribution is 2.37. The van der Waals surface area contributed by atoms with Gasteiger partial charge in [0.15, 0.2) is 0 Å². The number of hydrogen-bond acceptors (Lipinski definition) is 6. The number of hydrogen-bond donors (Lipinski definition) is 4. The molecule has 4 rings (SSSR count). The van der Waals surface area contributed by atoms with E-state index < -0.39 is 0 Å². The van der Waals surface area contributed by atoms with Crippen molar-refractivity contribution in [2.75, 3.05) is 13.7 Å². The molecule has 2 saturated carbocycles. The maximum Gasteiger partial charge on any atom is 0.237 e. The summed E-state index contributed by atoms with van der Waals surface area (Å²) in [6, 6.07) is 0.989. The number of carbonyl (C=O) groups excluding carboxylic acids is 1. The Hall–Kier alpha value is -0.340. The first-order valence-corrected chi connectivity index (χ1v) is 11.9. The number of hydrazine groups is 1. The summed E-state index contributed by atoms with van der Waals surface area (Å²) < 4.78 is 0. The minimum absolute atomic E-state index is 0.0407. The predicted octanol–water partition coefficient (Wildman–Crippen LogP) is 1.98. The molecule has 2 saturated heterocycles. The van der Waals surface area contributed by atoms with Crippen LogP contribution in [0.2, 0.25) is 0 Å². The fourth-order valence-electron chi connectivity index (χ4n) is 5.03. The molecule has 5 unspecified atom stereocenters. The van der Waals surface area contributed by atoms with E-state index in [1.807, 2.05) is 11.8 Å². The van der Waals surface area contributed by atoms with Crippen molar-refractivity contribution in [2.24, 2.45) is 11.8 Å². The summed E-state index contributed by atoms with van der Waals surface area (Å²) in [4.78, 5) is 15.1. The van der Waals surface area contributed by atoms with Gasteiger partial charge >= 0.3 is 0 Å². The lowest BCUT2D eigenvalue weighted by Crippen LogP contribution is -2.54. The van der Waals surface area contributed by atoms with E-state index in [4.69, 9.17) is 0 Å². The van der Waals surface area contributed by atoms with E-state index in [-0.39, 0.29) is 11.9 Å². The van der Waals surface area contributed by atoms with Gasteiger partial charge in [-0.1, -0.05) is 13.3 Å². The van der Waals surface area contributed by atoms with Crippen molar-refractivity contribution >= 4 is 17.7 Å². The van der Waals surface area contributed by atoms with Crippen LogP contribution >= 0.6 is 11.8 Å². The number of nitrogens with zero attached hydrogens (tertiary/aromatic N) is 1. The Morgan fingerprint density at radius 2 is 1.96 bits per heavy atom. The number of nitrogens with one attached hydrogen (secondary N) is 4. The van der Waals surface area contributed by atoms with Crippen LogP contribution in [0.1, 0.15) is 64.7 Å². The molecule has 2 heterocycles. The van der Waals surface area contributed by atoms with Gasteiger partial charge in [0.05, 0.1) is 12.7 Å². The van der Waals surface area contributed by atoms with Crippen LogP contribution in [-0.4, -0.2) is 53.4 Å². The summed E-state index contributed by atoms with van der Waals surface area (Å²) in [7, 11) is 2.15. The molecule has 27 heavy (non-hydrogen) atoms. The molecule has 1 amide bonds. The van der Waals surface area contributed by atoms with E-state index in [1.165, 1.54) is 38.5 Å². The first kappa shape index (κ1) is 20.0. The second-order valence-corrected chi connectivity index (χ2v) is 10.6. The highest BCUT2D eigenvalue weighted by Gasteiger charge is 2.37. The summed E-state index contributed by atoms with van der Waals surface area (Å²) >= 11 is 2.01. The van der Waals surface area contributed by atoms with E-state index in [0.29, 0.717) is 28.7 Å². The third kappa shape index (κ3) is 5.18. The van der Waals surface area contributed by atoms with Crippen molar-refractivity contribution in [2.45, 2.75) is 93.6 Å². The van der Waals surface area contributed by atoms with Crippen molar-refractivity contribution in [1.82, 2.24) is 26.4 Å². The van der Waals surface area contributed by atoms with Crippen LogP contribution < -0.4 is 21.5 Å². The highest BCUT2D eigenvalue weighted by molar-refractivity contribution is 8.00. The molecule has 0 aromatic rings. The molecule has 0 aromatic heterocycles. The molecule has 4 aliphatic rings. The molecular formula is C20H37N5OS. The van der Waals surface area contributed by atoms with E-state index >= 15 is 0 Å². The van der Waals surface area contributed by atoms with Gasteiger partial charge in [-0.2, -0.15) is 0 Å². The molecule has 2 aliphatic heterocycles. The van der Waals surface area contributed by atoms with Gasteiger partial charge in [0.2, 0.25) is 5.91 Å². The second kappa shape index (κ2) is 8.99. The van der Waals surface area contributed by atoms with Crippen molar-refractivity contribution in [3.63, 3.8) is 0 Å². The molecule has 6 atom stereocenters. The van der Waals surface area contributed by atoms with Crippen molar-refractivity contribution in [3.8, 4) is 0 Å². The number of carbonyl (C=O) groups is 1. The second-order valence-electron chi connectivity index (χ2n) is 9.16. The van der Waals surface area contributed by atoms with Gasteiger partial charge in [-0.3, -0.25) is 9.69 Å². The number of thioether (sulfide) groups is 1. The van der Waals surface area contributed by atoms with Gasteiger partial charge in [0.25, 0.3) is 0 Å². The Morgan fingerprint density at radius 3 is 2.70 bits per heavy atom. The molecule has 7 heteroatoms. The zero-order chi connectivity index (χ0) is 18.8. The maximum atomic E-state index is 12.8. The Labute approximate surface area is 168 Å². The third-order valence-corrected chi connectivity index (χ3v) is 8.50. The molecule has 0 spiro atoms. The first-order chi connectivity index (χ1) is 13.1. The average molecular weight is 396 g/mol. The summed E-state index contributed by atoms with van der Waals surface area (Å²) in [6.07, 6.45) is 11.0. The van der Waals surface area contributed by atoms with Crippen LogP contribution in [0, 0.1) is 11.8 Å². The minimum Gasteiger partial charge on any atom is -0.352 e. The molecule has 0 bridgehead atoms. The van der Waals surface area contributed by atoms with Crippen molar-refractivity contribution in [3.05, 3.63) is 0 Å². The summed E-state index contributed by atoms with van der Waals surface area (Å²) in [6.45, 7) is 3.25. The molecule has 0 radical (unpaired) electrons. The van der Waals surface area contributed by atoms with Crippen LogP contribution in [0.4, 0.5) is 0 Å². The van der Waals surface area contributed by atoms with Crippen LogP contribution in [-0.2, 0) is 4.79 Å². The van der Waals surface area contributed by atoms with Crippen molar-refractivity contribution < 1.29 is 4.79 Å². The average Bonchev–Trinajstić information content (AvgIpc) is 3.46. The fraction of sp³-hybridized carbons (Fsp3) is 0.950. The summed E-state index contributed by atoms with van der Waals surface area (Å²) in [5.74, 6) is 1.78. The zero-order valence-electron chi connectivity index (χ0n) is 16.9. The largest absolute Gasteiger partial charge is 0.352 e. The molecular weight excluding hydrogens is 358 g/mol. The van der Waals surface area contributed by atoms with Gasteiger partial charge < -0.3 is 10.6 Å². The number of amides is 1. The van der Waals surface area contributed by atoms with Crippen LogP contribution in [0.15, 0.2) is 0 Å². The van der Waals surface area contributed by atoms with Crippen molar-refractivity contribution in [1.29, 1.82) is 0 Å². The molecule has 0 aromatic carbocycles. The summed E-state index contributed by atoms with van der Waals surface area (Å²) in [5.41, 5.74) is 6.90. The van der Waals surface area contributed by atoms with Gasteiger partial charge in [-0.05, 0) is 70.3 Å². The normalized spacial score (nSPS) is 39.3. The number of piperidine rings is 1. The monoisotopic (exact) mass is 395 g/mol. The Bertz CT molecular complexity index is 517. The number of rotatable bonds is 6. The smallest absolute Gasteiger partial charge is 0.237 e. The lowest BCUT2D eigenvalue weighted by Gasteiger charge is -2.36. The van der Waals surface area contributed by atoms with Gasteiger partial charge in [-0.25, -0.2) is 10.9 Å². The Balaban J connectivity index is 1.24. The molecule has 2 aliphatic carbocycles. The molecule has 4 fully saturated rings. The quantitative estimate of drug-likeness (QED) is 0.551. The predicted molar refractivity (Wildman–Crippen MR) is 111 cm³/mol. The Kier molecular flexibility index (Phi) is 6.64. The molecule has 6 nitrogen and oxygen atoms in total. The SMILES string of the molecule is C[C@H](SC1NNCN1C)C1CCCC(NC(=O)C2CCCC(C3CC3)N2)C1. The lowest BCUT2D eigenvalue weighted by molar-refractivity contribution is -0.125. The minimum atomic E-state index is 0.0407. The molecule has 154 valence electrons. The van der Waals surface area contributed by atoms with Crippen LogP contribution in [0.5, 0.6) is 0 Å². The third-order valence-electron chi connectivity index (χ3n) is 6.95. The van der Waals surface area contributed by atoms with Gasteiger partial charge in [-0.15, -0.1) is 11.8 Å².